The van der Waals surface area contributed by atoms with Crippen molar-refractivity contribution >= 4 is 34.1 Å². The maximum absolute atomic E-state index is 2.38. The third-order valence-electron chi connectivity index (χ3n) is 8.83. The van der Waals surface area contributed by atoms with Crippen LogP contribution >= 0.6 is 0 Å². The molecule has 45 heavy (non-hydrogen) atoms. The van der Waals surface area contributed by atoms with E-state index in [4.69, 9.17) is 0 Å². The van der Waals surface area contributed by atoms with E-state index in [1.165, 1.54) is 67.1 Å². The van der Waals surface area contributed by atoms with Crippen LogP contribution in [0.3, 0.4) is 0 Å². The van der Waals surface area contributed by atoms with Gasteiger partial charge in [-0.2, -0.15) is 0 Å². The van der Waals surface area contributed by atoms with Crippen LogP contribution in [0.15, 0.2) is 127 Å². The first-order valence-corrected chi connectivity index (χ1v) is 15.8. The minimum absolute atomic E-state index is 1.16. The topological polar surface area (TPSA) is 6.48 Å². The van der Waals surface area contributed by atoms with Crippen LogP contribution in [0.25, 0.3) is 11.1 Å². The second kappa shape index (κ2) is 12.5. The SMILES string of the molecule is Cc1ccc(N(c2ccc(C)cc2)c2ccc(-c3ccc(N(c4ccc(C)cc4)c4ccc(C)c(C)c4)c(C)c3)cc2C)cc1. The van der Waals surface area contributed by atoms with Crippen molar-refractivity contribution in [3.05, 3.63) is 166 Å². The van der Waals surface area contributed by atoms with Crippen LogP contribution in [0.1, 0.15) is 38.9 Å². The molecule has 0 saturated heterocycles. The van der Waals surface area contributed by atoms with Crippen LogP contribution in [0.2, 0.25) is 0 Å². The van der Waals surface area contributed by atoms with Gasteiger partial charge in [0.2, 0.25) is 0 Å². The molecular formula is C43H42N2. The van der Waals surface area contributed by atoms with Gasteiger partial charge in [0.15, 0.2) is 0 Å². The molecule has 0 heterocycles. The lowest BCUT2D eigenvalue weighted by Gasteiger charge is -2.28. The Bertz CT molecular complexity index is 1900. The van der Waals surface area contributed by atoms with E-state index < -0.39 is 0 Å². The molecule has 0 saturated carbocycles. The fourth-order valence-electron chi connectivity index (χ4n) is 5.97. The number of benzene rings is 6. The highest BCUT2D eigenvalue weighted by molar-refractivity contribution is 5.83. The van der Waals surface area contributed by atoms with Crippen molar-refractivity contribution in [3.8, 4) is 11.1 Å². The highest BCUT2D eigenvalue weighted by Gasteiger charge is 2.18. The molecule has 224 valence electrons. The minimum Gasteiger partial charge on any atom is -0.310 e. The number of aryl methyl sites for hydroxylation is 7. The Morgan fingerprint density at radius 3 is 1.00 bits per heavy atom. The molecule has 2 nitrogen and oxygen atoms in total. The smallest absolute Gasteiger partial charge is 0.0491 e. The first-order chi connectivity index (χ1) is 21.7. The second-order valence-corrected chi connectivity index (χ2v) is 12.4. The molecular weight excluding hydrogens is 544 g/mol. The molecule has 0 aliphatic rings. The first-order valence-electron chi connectivity index (χ1n) is 15.8. The zero-order chi connectivity index (χ0) is 31.7. The van der Waals surface area contributed by atoms with Crippen molar-refractivity contribution in [2.75, 3.05) is 9.80 Å². The highest BCUT2D eigenvalue weighted by atomic mass is 15.1. The van der Waals surface area contributed by atoms with Crippen LogP contribution in [0.5, 0.6) is 0 Å². The van der Waals surface area contributed by atoms with Crippen molar-refractivity contribution in [3.63, 3.8) is 0 Å². The predicted octanol–water partition coefficient (Wildman–Crippen LogP) is 12.5. The zero-order valence-corrected chi connectivity index (χ0v) is 27.5. The molecule has 0 N–H and O–H groups in total. The van der Waals surface area contributed by atoms with E-state index in [9.17, 15) is 0 Å². The Morgan fingerprint density at radius 2 is 0.644 bits per heavy atom. The van der Waals surface area contributed by atoms with Gasteiger partial charge in [0.25, 0.3) is 0 Å². The van der Waals surface area contributed by atoms with E-state index in [0.717, 1.165) is 17.1 Å². The Kier molecular flexibility index (Phi) is 8.32. The zero-order valence-electron chi connectivity index (χ0n) is 27.5. The number of hydrogen-bond donors (Lipinski definition) is 0. The molecule has 0 aliphatic heterocycles. The monoisotopic (exact) mass is 586 g/mol. The van der Waals surface area contributed by atoms with E-state index in [1.807, 2.05) is 0 Å². The molecule has 0 aliphatic carbocycles. The van der Waals surface area contributed by atoms with Crippen molar-refractivity contribution in [2.45, 2.75) is 48.5 Å². The van der Waals surface area contributed by atoms with Gasteiger partial charge >= 0.3 is 0 Å². The lowest BCUT2D eigenvalue weighted by Crippen LogP contribution is -2.12. The average Bonchev–Trinajstić information content (AvgIpc) is 3.03. The van der Waals surface area contributed by atoms with Crippen LogP contribution in [0, 0.1) is 48.5 Å². The van der Waals surface area contributed by atoms with Gasteiger partial charge in [-0.1, -0.05) is 71.3 Å². The van der Waals surface area contributed by atoms with Gasteiger partial charge < -0.3 is 9.80 Å². The van der Waals surface area contributed by atoms with Crippen LogP contribution < -0.4 is 9.80 Å². The quantitative estimate of drug-likeness (QED) is 0.184. The lowest BCUT2D eigenvalue weighted by atomic mass is 9.98. The molecule has 6 rings (SSSR count). The van der Waals surface area contributed by atoms with Gasteiger partial charge in [0.1, 0.15) is 0 Å². The molecule has 0 atom stereocenters. The summed E-state index contributed by atoms with van der Waals surface area (Å²) in [6.07, 6.45) is 0. The summed E-state index contributed by atoms with van der Waals surface area (Å²) in [6, 6.07) is 46.8. The number of rotatable bonds is 7. The molecule has 0 unspecified atom stereocenters. The summed E-state index contributed by atoms with van der Waals surface area (Å²) in [7, 11) is 0. The molecule has 0 spiro atoms. The molecule has 0 aromatic heterocycles. The van der Waals surface area contributed by atoms with Crippen molar-refractivity contribution in [1.82, 2.24) is 0 Å². The summed E-state index contributed by atoms with van der Waals surface area (Å²) >= 11 is 0. The fourth-order valence-corrected chi connectivity index (χ4v) is 5.97. The standard InChI is InChI=1S/C43H42N2/c1-29-8-17-38(18-9-29)44(39-19-10-30(2)11-20-39)42-24-15-36(26-34(42)6)37-16-25-43(35(7)27-37)45(40-21-12-31(3)13-22-40)41-23-14-32(4)33(5)28-41/h8-28H,1-7H3. The first kappa shape index (κ1) is 30.0. The normalized spacial score (nSPS) is 11.0. The summed E-state index contributed by atoms with van der Waals surface area (Å²) in [4.78, 5) is 4.73. The van der Waals surface area contributed by atoms with Gasteiger partial charge in [-0.05, 0) is 155 Å². The van der Waals surface area contributed by atoms with Gasteiger partial charge in [-0.3, -0.25) is 0 Å². The Morgan fingerprint density at radius 1 is 0.289 bits per heavy atom. The van der Waals surface area contributed by atoms with Crippen LogP contribution in [-0.4, -0.2) is 0 Å². The van der Waals surface area contributed by atoms with E-state index in [0.29, 0.717) is 0 Å². The number of nitrogens with zero attached hydrogens (tertiary/aromatic N) is 2. The number of anilines is 6. The molecule has 0 fully saturated rings. The lowest BCUT2D eigenvalue weighted by molar-refractivity contribution is 1.22. The third kappa shape index (κ3) is 6.28. The van der Waals surface area contributed by atoms with Crippen LogP contribution in [0.4, 0.5) is 34.1 Å². The minimum atomic E-state index is 1.16. The summed E-state index contributed by atoms with van der Waals surface area (Å²) in [6.45, 7) is 15.2. The molecule has 2 heteroatoms. The molecule has 6 aromatic rings. The molecule has 0 bridgehead atoms. The van der Waals surface area contributed by atoms with Gasteiger partial charge in [0, 0.05) is 34.1 Å². The highest BCUT2D eigenvalue weighted by Crippen LogP contribution is 2.41. The number of hydrogen-bond acceptors (Lipinski definition) is 2. The summed E-state index contributed by atoms with van der Waals surface area (Å²) in [5.74, 6) is 0. The van der Waals surface area contributed by atoms with E-state index in [-0.39, 0.29) is 0 Å². The maximum atomic E-state index is 2.38. The van der Waals surface area contributed by atoms with Crippen LogP contribution in [-0.2, 0) is 0 Å². The summed E-state index contributed by atoms with van der Waals surface area (Å²) < 4.78 is 0. The van der Waals surface area contributed by atoms with E-state index >= 15 is 0 Å². The van der Waals surface area contributed by atoms with Crippen molar-refractivity contribution in [1.29, 1.82) is 0 Å². The third-order valence-corrected chi connectivity index (χ3v) is 8.83. The largest absolute Gasteiger partial charge is 0.310 e. The van der Waals surface area contributed by atoms with Crippen molar-refractivity contribution in [2.24, 2.45) is 0 Å². The molecule has 0 radical (unpaired) electrons. The van der Waals surface area contributed by atoms with Crippen molar-refractivity contribution < 1.29 is 0 Å². The fraction of sp³-hybridized carbons (Fsp3) is 0.163. The Balaban J connectivity index is 1.39. The maximum Gasteiger partial charge on any atom is 0.0491 e. The second-order valence-electron chi connectivity index (χ2n) is 12.4. The van der Waals surface area contributed by atoms with E-state index in [1.54, 1.807) is 0 Å². The summed E-state index contributed by atoms with van der Waals surface area (Å²) in [5.41, 5.74) is 18.3. The average molecular weight is 587 g/mol. The van der Waals surface area contributed by atoms with Gasteiger partial charge in [-0.15, -0.1) is 0 Å². The van der Waals surface area contributed by atoms with Gasteiger partial charge in [-0.25, -0.2) is 0 Å². The Hall–Kier alpha value is -5.08. The molecule has 6 aromatic carbocycles. The predicted molar refractivity (Wildman–Crippen MR) is 194 cm³/mol. The van der Waals surface area contributed by atoms with E-state index in [2.05, 4.69) is 186 Å². The summed E-state index contributed by atoms with van der Waals surface area (Å²) in [5, 5.41) is 0. The molecule has 0 amide bonds. The van der Waals surface area contributed by atoms with Gasteiger partial charge in [0.05, 0.1) is 0 Å². The Labute approximate surface area is 269 Å².